The molecule has 2 nitrogen and oxygen atoms in total. The molecule has 0 saturated carbocycles. The lowest BCUT2D eigenvalue weighted by Gasteiger charge is -2.24. The molecule has 1 aromatic rings. The molecule has 96 valence electrons. The fourth-order valence-electron chi connectivity index (χ4n) is 1.48. The van der Waals surface area contributed by atoms with Gasteiger partial charge in [0.25, 0.3) is 0 Å². The first kappa shape index (κ1) is 14.0. The molecule has 0 aromatic heterocycles. The summed E-state index contributed by atoms with van der Waals surface area (Å²) in [5, 5.41) is 3.34. The van der Waals surface area contributed by atoms with Crippen LogP contribution >= 0.6 is 0 Å². The van der Waals surface area contributed by atoms with Gasteiger partial charge >= 0.3 is 0 Å². The summed E-state index contributed by atoms with van der Waals surface area (Å²) in [7, 11) is 0. The minimum Gasteiger partial charge on any atom is -0.489 e. The summed E-state index contributed by atoms with van der Waals surface area (Å²) in [6.45, 7) is 9.17. The molecule has 1 N–H and O–H groups in total. The number of rotatable bonds is 6. The van der Waals surface area contributed by atoms with Gasteiger partial charge in [0.15, 0.2) is 0 Å². The van der Waals surface area contributed by atoms with Gasteiger partial charge in [-0.1, -0.05) is 33.8 Å². The molecule has 1 rings (SSSR count). The van der Waals surface area contributed by atoms with Crippen molar-refractivity contribution in [2.75, 3.05) is 6.54 Å². The van der Waals surface area contributed by atoms with Gasteiger partial charge in [0.1, 0.15) is 17.7 Å². The topological polar surface area (TPSA) is 21.3 Å². The van der Waals surface area contributed by atoms with E-state index >= 15 is 0 Å². The Morgan fingerprint density at radius 1 is 1.24 bits per heavy atom. The molecule has 17 heavy (non-hydrogen) atoms. The van der Waals surface area contributed by atoms with Crippen LogP contribution in [-0.2, 0) is 0 Å². The van der Waals surface area contributed by atoms with Gasteiger partial charge in [-0.25, -0.2) is 4.39 Å². The first-order chi connectivity index (χ1) is 7.99. The molecule has 0 saturated heterocycles. The normalized spacial score (nSPS) is 13.1. The number of halogens is 1. The number of hydrogen-bond donors (Lipinski definition) is 1. The third kappa shape index (κ3) is 5.18. The minimum atomic E-state index is -0.262. The highest BCUT2D eigenvalue weighted by atomic mass is 19.1. The summed E-state index contributed by atoms with van der Waals surface area (Å²) in [6.07, 6.45) is 0.0548. The molecule has 0 aliphatic carbocycles. The fraction of sp³-hybridized carbons (Fsp3) is 0.571. The van der Waals surface area contributed by atoms with E-state index in [-0.39, 0.29) is 11.9 Å². The zero-order valence-corrected chi connectivity index (χ0v) is 11.0. The maximum atomic E-state index is 13.0. The molecule has 0 spiro atoms. The predicted molar refractivity (Wildman–Crippen MR) is 68.8 cm³/mol. The minimum absolute atomic E-state index is 0.0548. The zero-order valence-electron chi connectivity index (χ0n) is 11.0. The molecule has 1 unspecified atom stereocenters. The van der Waals surface area contributed by atoms with Crippen molar-refractivity contribution < 1.29 is 9.13 Å². The smallest absolute Gasteiger partial charge is 0.126 e. The zero-order chi connectivity index (χ0) is 12.8. The molecule has 3 heteroatoms. The highest BCUT2D eigenvalue weighted by Gasteiger charge is 2.15. The Hall–Kier alpha value is -1.09. The van der Waals surface area contributed by atoms with Gasteiger partial charge in [-0.2, -0.15) is 0 Å². The molecular formula is C14H22FNO. The van der Waals surface area contributed by atoms with Crippen molar-refractivity contribution in [2.45, 2.75) is 39.8 Å². The van der Waals surface area contributed by atoms with Crippen LogP contribution in [0, 0.1) is 11.7 Å². The van der Waals surface area contributed by atoms with Crippen molar-refractivity contribution in [3.8, 4) is 5.75 Å². The van der Waals surface area contributed by atoms with Gasteiger partial charge in [0, 0.05) is 18.7 Å². The van der Waals surface area contributed by atoms with E-state index in [0.717, 1.165) is 6.54 Å². The summed E-state index contributed by atoms with van der Waals surface area (Å²) >= 11 is 0. The van der Waals surface area contributed by atoms with Crippen LogP contribution in [-0.4, -0.2) is 18.7 Å². The van der Waals surface area contributed by atoms with Crippen LogP contribution in [0.4, 0.5) is 4.39 Å². The first-order valence-corrected chi connectivity index (χ1v) is 6.14. The maximum absolute atomic E-state index is 13.0. The average Bonchev–Trinajstić information content (AvgIpc) is 2.23. The molecule has 1 atom stereocenters. The van der Waals surface area contributed by atoms with Gasteiger partial charge in [-0.05, 0) is 18.1 Å². The van der Waals surface area contributed by atoms with E-state index in [1.54, 1.807) is 12.1 Å². The lowest BCUT2D eigenvalue weighted by molar-refractivity contribution is 0.146. The van der Waals surface area contributed by atoms with E-state index in [9.17, 15) is 4.39 Å². The van der Waals surface area contributed by atoms with E-state index in [1.165, 1.54) is 12.1 Å². The molecule has 0 aliphatic heterocycles. The summed E-state index contributed by atoms with van der Waals surface area (Å²) in [5.41, 5.74) is 0. The van der Waals surface area contributed by atoms with Gasteiger partial charge in [0.2, 0.25) is 0 Å². The Morgan fingerprint density at radius 3 is 2.47 bits per heavy atom. The lowest BCUT2D eigenvalue weighted by atomic mass is 10.1. The Balaban J connectivity index is 2.60. The average molecular weight is 239 g/mol. The molecule has 0 fully saturated rings. The van der Waals surface area contributed by atoms with E-state index in [0.29, 0.717) is 17.7 Å². The van der Waals surface area contributed by atoms with Crippen LogP contribution in [0.3, 0.4) is 0 Å². The Labute approximate surface area is 103 Å². The van der Waals surface area contributed by atoms with Crippen molar-refractivity contribution in [1.82, 2.24) is 5.32 Å². The van der Waals surface area contributed by atoms with E-state index in [4.69, 9.17) is 4.74 Å². The van der Waals surface area contributed by atoms with E-state index < -0.39 is 0 Å². The van der Waals surface area contributed by atoms with Gasteiger partial charge in [-0.3, -0.25) is 0 Å². The van der Waals surface area contributed by atoms with Crippen LogP contribution in [0.25, 0.3) is 0 Å². The summed E-state index contributed by atoms with van der Waals surface area (Å²) < 4.78 is 18.8. The van der Waals surface area contributed by atoms with Crippen molar-refractivity contribution in [2.24, 2.45) is 5.92 Å². The second kappa shape index (κ2) is 6.60. The summed E-state index contributed by atoms with van der Waals surface area (Å²) in [6, 6.07) is 6.72. The molecule has 0 bridgehead atoms. The molecular weight excluding hydrogens is 217 g/mol. The van der Waals surface area contributed by atoms with Gasteiger partial charge in [0.05, 0.1) is 0 Å². The third-order valence-corrected chi connectivity index (χ3v) is 2.55. The van der Waals surface area contributed by atoms with Crippen molar-refractivity contribution in [3.05, 3.63) is 30.1 Å². The first-order valence-electron chi connectivity index (χ1n) is 6.14. The van der Waals surface area contributed by atoms with Crippen LogP contribution in [0.15, 0.2) is 24.3 Å². The maximum Gasteiger partial charge on any atom is 0.126 e. The lowest BCUT2D eigenvalue weighted by Crippen LogP contribution is -2.38. The second-order valence-electron chi connectivity index (χ2n) is 4.92. The molecule has 0 radical (unpaired) electrons. The largest absolute Gasteiger partial charge is 0.489 e. The monoisotopic (exact) mass is 239 g/mol. The van der Waals surface area contributed by atoms with Gasteiger partial charge < -0.3 is 10.1 Å². The predicted octanol–water partition coefficient (Wildman–Crippen LogP) is 3.23. The highest BCUT2D eigenvalue weighted by Crippen LogP contribution is 2.16. The van der Waals surface area contributed by atoms with Crippen LogP contribution in [0.1, 0.15) is 27.7 Å². The number of ether oxygens (including phenoxy) is 1. The van der Waals surface area contributed by atoms with Crippen LogP contribution in [0.2, 0.25) is 0 Å². The number of hydrogen-bond acceptors (Lipinski definition) is 2. The quantitative estimate of drug-likeness (QED) is 0.823. The van der Waals surface area contributed by atoms with Crippen LogP contribution in [0.5, 0.6) is 5.75 Å². The van der Waals surface area contributed by atoms with Crippen molar-refractivity contribution in [3.63, 3.8) is 0 Å². The molecule has 1 aromatic carbocycles. The molecule has 0 aliphatic rings. The molecule has 0 heterocycles. The van der Waals surface area contributed by atoms with Crippen molar-refractivity contribution >= 4 is 0 Å². The Morgan fingerprint density at radius 2 is 1.94 bits per heavy atom. The van der Waals surface area contributed by atoms with E-state index in [1.807, 2.05) is 0 Å². The Bertz CT molecular complexity index is 339. The van der Waals surface area contributed by atoms with Gasteiger partial charge in [-0.15, -0.1) is 0 Å². The fourth-order valence-corrected chi connectivity index (χ4v) is 1.48. The standard InChI is InChI=1S/C14H22FNO/c1-10(2)14(9-16-11(3)4)17-13-7-5-6-12(15)8-13/h5-8,10-11,14,16H,9H2,1-4H3. The van der Waals surface area contributed by atoms with Crippen molar-refractivity contribution in [1.29, 1.82) is 0 Å². The summed E-state index contributed by atoms with van der Waals surface area (Å²) in [4.78, 5) is 0. The third-order valence-electron chi connectivity index (χ3n) is 2.55. The number of benzene rings is 1. The molecule has 0 amide bonds. The summed E-state index contributed by atoms with van der Waals surface area (Å²) in [5.74, 6) is 0.709. The van der Waals surface area contributed by atoms with E-state index in [2.05, 4.69) is 33.0 Å². The second-order valence-corrected chi connectivity index (χ2v) is 4.92. The highest BCUT2D eigenvalue weighted by molar-refractivity contribution is 5.22. The van der Waals surface area contributed by atoms with Crippen LogP contribution < -0.4 is 10.1 Å². The number of nitrogens with one attached hydrogen (secondary N) is 1. The Kier molecular flexibility index (Phi) is 5.42. The SMILES string of the molecule is CC(C)NCC(Oc1cccc(F)c1)C(C)C.